The molecular formula is C17H16N2O3. The quantitative estimate of drug-likeness (QED) is 0.594. The Morgan fingerprint density at radius 3 is 2.68 bits per heavy atom. The Morgan fingerprint density at radius 1 is 1.18 bits per heavy atom. The molecule has 0 unspecified atom stereocenters. The fourth-order valence-corrected chi connectivity index (χ4v) is 2.44. The topological polar surface area (TPSA) is 64.1 Å². The number of nitrogens with zero attached hydrogens (tertiary/aromatic N) is 1. The number of ether oxygens (including phenoxy) is 1. The summed E-state index contributed by atoms with van der Waals surface area (Å²) in [5.74, 6) is -0.729. The van der Waals surface area contributed by atoms with Crippen molar-refractivity contribution in [1.29, 1.82) is 0 Å². The molecule has 5 nitrogen and oxygen atoms in total. The van der Waals surface area contributed by atoms with E-state index in [1.165, 1.54) is 0 Å². The molecule has 0 aliphatic carbocycles. The first-order valence-electron chi connectivity index (χ1n) is 7.00. The summed E-state index contributed by atoms with van der Waals surface area (Å²) in [6, 6.07) is 10.9. The average molecular weight is 296 g/mol. The Labute approximate surface area is 127 Å². The van der Waals surface area contributed by atoms with Crippen molar-refractivity contribution in [1.82, 2.24) is 9.55 Å². The summed E-state index contributed by atoms with van der Waals surface area (Å²) in [5.41, 5.74) is 1.83. The number of ketones is 1. The Balaban J connectivity index is 1.80. The minimum absolute atomic E-state index is 0.222. The molecule has 3 aromatic rings. The van der Waals surface area contributed by atoms with Gasteiger partial charge in [0.05, 0.1) is 0 Å². The summed E-state index contributed by atoms with van der Waals surface area (Å²) in [5, 5.41) is 0.828. The molecule has 1 N–H and O–H groups in total. The zero-order chi connectivity index (χ0) is 15.7. The lowest BCUT2D eigenvalue weighted by Gasteiger charge is -2.12. The van der Waals surface area contributed by atoms with Gasteiger partial charge in [0, 0.05) is 35.9 Å². The van der Waals surface area contributed by atoms with Gasteiger partial charge < -0.3 is 14.3 Å². The predicted molar refractivity (Wildman–Crippen MR) is 82.9 cm³/mol. The van der Waals surface area contributed by atoms with Crippen molar-refractivity contribution in [2.45, 2.75) is 13.0 Å². The van der Waals surface area contributed by atoms with Crippen LogP contribution in [0, 0.1) is 0 Å². The van der Waals surface area contributed by atoms with Crippen molar-refractivity contribution in [3.05, 3.63) is 60.0 Å². The van der Waals surface area contributed by atoms with E-state index in [-0.39, 0.29) is 5.78 Å². The maximum atomic E-state index is 12.5. The number of benzene rings is 1. The van der Waals surface area contributed by atoms with Gasteiger partial charge in [0.15, 0.2) is 6.10 Å². The molecule has 0 amide bonds. The number of rotatable bonds is 4. The van der Waals surface area contributed by atoms with E-state index in [1.807, 2.05) is 24.3 Å². The summed E-state index contributed by atoms with van der Waals surface area (Å²) >= 11 is 0. The largest absolute Gasteiger partial charge is 0.450 e. The maximum Gasteiger partial charge on any atom is 0.355 e. The molecule has 112 valence electrons. The predicted octanol–water partition coefficient (Wildman–Crippen LogP) is 2.93. The van der Waals surface area contributed by atoms with E-state index in [1.54, 1.807) is 43.1 Å². The Morgan fingerprint density at radius 2 is 1.95 bits per heavy atom. The van der Waals surface area contributed by atoms with E-state index in [2.05, 4.69) is 4.98 Å². The van der Waals surface area contributed by atoms with Crippen LogP contribution in [0.1, 0.15) is 27.8 Å². The van der Waals surface area contributed by atoms with Crippen LogP contribution >= 0.6 is 0 Å². The van der Waals surface area contributed by atoms with Gasteiger partial charge in [0.25, 0.3) is 0 Å². The Bertz CT molecular complexity index is 844. The van der Waals surface area contributed by atoms with Gasteiger partial charge in [-0.15, -0.1) is 0 Å². The molecule has 0 aliphatic rings. The molecule has 2 aromatic heterocycles. The van der Waals surface area contributed by atoms with Gasteiger partial charge in [-0.2, -0.15) is 0 Å². The molecular weight excluding hydrogens is 280 g/mol. The number of carbonyl (C=O) groups is 2. The lowest BCUT2D eigenvalue weighted by molar-refractivity contribution is 0.0310. The summed E-state index contributed by atoms with van der Waals surface area (Å²) < 4.78 is 6.94. The van der Waals surface area contributed by atoms with Crippen LogP contribution in [0.5, 0.6) is 0 Å². The zero-order valence-corrected chi connectivity index (χ0v) is 12.4. The van der Waals surface area contributed by atoms with Crippen molar-refractivity contribution >= 4 is 22.7 Å². The van der Waals surface area contributed by atoms with Crippen molar-refractivity contribution in [2.24, 2.45) is 7.05 Å². The molecule has 0 saturated heterocycles. The molecule has 0 bridgehead atoms. The molecule has 1 atom stereocenters. The number of aromatic nitrogens is 2. The molecule has 0 fully saturated rings. The van der Waals surface area contributed by atoms with Crippen LogP contribution in [0.25, 0.3) is 10.9 Å². The number of H-pyrrole nitrogens is 1. The molecule has 1 aromatic carbocycles. The van der Waals surface area contributed by atoms with E-state index in [4.69, 9.17) is 4.74 Å². The molecule has 5 heteroatoms. The standard InChI is InChI=1S/C17H16N2O3/c1-11(22-17(21)15-8-5-9-19(15)2)16(20)13-10-18-14-7-4-3-6-12(13)14/h3-11,18H,1-2H3/t11-/m0/s1. The summed E-state index contributed by atoms with van der Waals surface area (Å²) in [6.07, 6.45) is 2.56. The van der Waals surface area contributed by atoms with Gasteiger partial charge in [0.1, 0.15) is 5.69 Å². The number of para-hydroxylation sites is 1. The number of Topliss-reactive ketones (excluding diaryl/α,β-unsaturated/α-hetero) is 1. The highest BCUT2D eigenvalue weighted by Crippen LogP contribution is 2.20. The third-order valence-electron chi connectivity index (χ3n) is 3.66. The number of hydrogen-bond acceptors (Lipinski definition) is 3. The van der Waals surface area contributed by atoms with Crippen LogP contribution in [0.3, 0.4) is 0 Å². The van der Waals surface area contributed by atoms with Gasteiger partial charge in [-0.3, -0.25) is 4.79 Å². The highest BCUT2D eigenvalue weighted by Gasteiger charge is 2.23. The minimum atomic E-state index is -0.846. The second kappa shape index (κ2) is 5.52. The molecule has 0 aliphatic heterocycles. The normalized spacial score (nSPS) is 12.3. The van der Waals surface area contributed by atoms with Crippen LogP contribution in [-0.2, 0) is 11.8 Å². The number of aryl methyl sites for hydroxylation is 1. The van der Waals surface area contributed by atoms with Gasteiger partial charge in [-0.05, 0) is 25.1 Å². The fraction of sp³-hybridized carbons (Fsp3) is 0.176. The average Bonchev–Trinajstić information content (AvgIpc) is 3.12. The second-order valence-electron chi connectivity index (χ2n) is 5.16. The van der Waals surface area contributed by atoms with Gasteiger partial charge in [0.2, 0.25) is 5.78 Å². The van der Waals surface area contributed by atoms with Crippen molar-refractivity contribution in [2.75, 3.05) is 0 Å². The van der Waals surface area contributed by atoms with E-state index in [0.717, 1.165) is 10.9 Å². The number of carbonyl (C=O) groups excluding carboxylic acids is 2. The van der Waals surface area contributed by atoms with Gasteiger partial charge in [-0.1, -0.05) is 18.2 Å². The first kappa shape index (κ1) is 14.1. The monoisotopic (exact) mass is 296 g/mol. The van der Waals surface area contributed by atoms with Crippen LogP contribution in [0.4, 0.5) is 0 Å². The van der Waals surface area contributed by atoms with Crippen LogP contribution < -0.4 is 0 Å². The lowest BCUT2D eigenvalue weighted by atomic mass is 10.1. The number of fused-ring (bicyclic) bond motifs is 1. The summed E-state index contributed by atoms with van der Waals surface area (Å²) in [4.78, 5) is 27.6. The highest BCUT2D eigenvalue weighted by atomic mass is 16.5. The van der Waals surface area contributed by atoms with E-state index in [9.17, 15) is 9.59 Å². The van der Waals surface area contributed by atoms with Crippen molar-refractivity contribution in [3.8, 4) is 0 Å². The highest BCUT2D eigenvalue weighted by molar-refractivity contribution is 6.10. The first-order valence-corrected chi connectivity index (χ1v) is 7.00. The van der Waals surface area contributed by atoms with E-state index in [0.29, 0.717) is 11.3 Å². The molecule has 2 heterocycles. The van der Waals surface area contributed by atoms with Crippen LogP contribution in [-0.4, -0.2) is 27.4 Å². The summed E-state index contributed by atoms with van der Waals surface area (Å²) in [6.45, 7) is 1.59. The molecule has 3 rings (SSSR count). The fourth-order valence-electron chi connectivity index (χ4n) is 2.44. The van der Waals surface area contributed by atoms with Crippen molar-refractivity contribution < 1.29 is 14.3 Å². The SMILES string of the molecule is C[C@H](OC(=O)c1cccn1C)C(=O)c1c[nH]c2ccccc12. The molecule has 0 spiro atoms. The molecule has 22 heavy (non-hydrogen) atoms. The maximum absolute atomic E-state index is 12.5. The minimum Gasteiger partial charge on any atom is -0.450 e. The smallest absolute Gasteiger partial charge is 0.355 e. The van der Waals surface area contributed by atoms with E-state index < -0.39 is 12.1 Å². The third-order valence-corrected chi connectivity index (χ3v) is 3.66. The molecule has 0 saturated carbocycles. The third kappa shape index (κ3) is 2.41. The summed E-state index contributed by atoms with van der Waals surface area (Å²) in [7, 11) is 1.75. The van der Waals surface area contributed by atoms with Crippen molar-refractivity contribution in [3.63, 3.8) is 0 Å². The lowest BCUT2D eigenvalue weighted by Crippen LogP contribution is -2.25. The van der Waals surface area contributed by atoms with Gasteiger partial charge >= 0.3 is 5.97 Å². The number of hydrogen-bond donors (Lipinski definition) is 1. The van der Waals surface area contributed by atoms with Crippen LogP contribution in [0.15, 0.2) is 48.8 Å². The Kier molecular flexibility index (Phi) is 3.55. The van der Waals surface area contributed by atoms with Gasteiger partial charge in [-0.25, -0.2) is 4.79 Å². The number of aromatic amines is 1. The van der Waals surface area contributed by atoms with Crippen LogP contribution in [0.2, 0.25) is 0 Å². The second-order valence-corrected chi connectivity index (χ2v) is 5.16. The zero-order valence-electron chi connectivity index (χ0n) is 12.4. The number of esters is 1. The number of nitrogens with one attached hydrogen (secondary N) is 1. The first-order chi connectivity index (χ1) is 10.6. The molecule has 0 radical (unpaired) electrons. The van der Waals surface area contributed by atoms with E-state index >= 15 is 0 Å². The Hall–Kier alpha value is -2.82.